The van der Waals surface area contributed by atoms with Crippen molar-refractivity contribution in [2.75, 3.05) is 13.2 Å². The first kappa shape index (κ1) is 18.2. The smallest absolute Gasteiger partial charge is 0.262 e. The van der Waals surface area contributed by atoms with E-state index in [-0.39, 0.29) is 17.8 Å². The number of benzene rings is 2. The number of carbonyl (C=O) groups is 1. The average molecular weight is 406 g/mol. The Morgan fingerprint density at radius 3 is 2.83 bits per heavy atom. The zero-order valence-corrected chi connectivity index (χ0v) is 16.5. The number of para-hydroxylation sites is 1. The largest absolute Gasteiger partial charge is 0.376 e. The summed E-state index contributed by atoms with van der Waals surface area (Å²) in [7, 11) is 0. The van der Waals surface area contributed by atoms with Crippen molar-refractivity contribution in [3.05, 3.63) is 65.4 Å². The zero-order chi connectivity index (χ0) is 19.8. The van der Waals surface area contributed by atoms with Crippen LogP contribution in [0.2, 0.25) is 0 Å². The molecule has 0 saturated carbocycles. The Bertz CT molecular complexity index is 1200. The van der Waals surface area contributed by atoms with Gasteiger partial charge in [0.25, 0.3) is 5.91 Å². The molecule has 1 aliphatic rings. The van der Waals surface area contributed by atoms with E-state index in [0.717, 1.165) is 46.0 Å². The van der Waals surface area contributed by atoms with Gasteiger partial charge in [-0.2, -0.15) is 0 Å². The van der Waals surface area contributed by atoms with Crippen LogP contribution in [0.25, 0.3) is 32.1 Å². The predicted octanol–water partition coefficient (Wildman–Crippen LogP) is 5.16. The standard InChI is InChI=1S/C23H19FN2O2S/c24-18-10-4-9-16-20(18)25-13-17-19(14-6-2-1-3-7-14)22(29-21(16)17)23(27)26-12-15-8-5-11-28-15/h1-4,6-7,9-10,13,15H,5,8,11-12H2,(H,26,27)/t15-/m1/s1. The molecule has 1 atom stereocenters. The van der Waals surface area contributed by atoms with Gasteiger partial charge in [0.2, 0.25) is 0 Å². The van der Waals surface area contributed by atoms with Gasteiger partial charge >= 0.3 is 0 Å². The molecule has 0 radical (unpaired) electrons. The second-order valence-corrected chi connectivity index (χ2v) is 8.17. The van der Waals surface area contributed by atoms with Gasteiger partial charge in [0.15, 0.2) is 0 Å². The number of amides is 1. The van der Waals surface area contributed by atoms with Crippen LogP contribution in [0, 0.1) is 5.82 Å². The average Bonchev–Trinajstić information content (AvgIpc) is 3.40. The van der Waals surface area contributed by atoms with Gasteiger partial charge in [-0.05, 0) is 24.5 Å². The van der Waals surface area contributed by atoms with Crippen LogP contribution in [0.3, 0.4) is 0 Å². The third-order valence-corrected chi connectivity index (χ3v) is 6.52. The Labute approximate surface area is 171 Å². The van der Waals surface area contributed by atoms with Crippen molar-refractivity contribution < 1.29 is 13.9 Å². The minimum atomic E-state index is -0.358. The molecule has 4 aromatic rings. The van der Waals surface area contributed by atoms with E-state index in [9.17, 15) is 9.18 Å². The highest BCUT2D eigenvalue weighted by molar-refractivity contribution is 7.22. The van der Waals surface area contributed by atoms with E-state index < -0.39 is 0 Å². The zero-order valence-electron chi connectivity index (χ0n) is 15.7. The molecule has 0 unspecified atom stereocenters. The molecule has 1 fully saturated rings. The van der Waals surface area contributed by atoms with Crippen LogP contribution in [-0.4, -0.2) is 30.1 Å². The molecule has 1 amide bonds. The lowest BCUT2D eigenvalue weighted by atomic mass is 10.0. The summed E-state index contributed by atoms with van der Waals surface area (Å²) in [6.45, 7) is 1.25. The summed E-state index contributed by atoms with van der Waals surface area (Å²) in [6.07, 6.45) is 3.75. The van der Waals surface area contributed by atoms with Crippen molar-refractivity contribution in [2.24, 2.45) is 0 Å². The number of pyridine rings is 1. The lowest BCUT2D eigenvalue weighted by molar-refractivity contribution is 0.0861. The Kier molecular flexibility index (Phi) is 4.73. The van der Waals surface area contributed by atoms with Crippen LogP contribution in [0.4, 0.5) is 4.39 Å². The maximum Gasteiger partial charge on any atom is 0.262 e. The van der Waals surface area contributed by atoms with E-state index in [1.54, 1.807) is 12.3 Å². The lowest BCUT2D eigenvalue weighted by Gasteiger charge is -2.11. The second kappa shape index (κ2) is 7.54. The fraction of sp³-hybridized carbons (Fsp3) is 0.217. The number of hydrogen-bond acceptors (Lipinski definition) is 4. The molecule has 1 N–H and O–H groups in total. The van der Waals surface area contributed by atoms with Gasteiger partial charge in [-0.3, -0.25) is 9.78 Å². The monoisotopic (exact) mass is 406 g/mol. The first-order valence-electron chi connectivity index (χ1n) is 9.67. The van der Waals surface area contributed by atoms with Crippen LogP contribution < -0.4 is 5.32 Å². The number of carbonyl (C=O) groups excluding carboxylic acids is 1. The van der Waals surface area contributed by atoms with Gasteiger partial charge < -0.3 is 10.1 Å². The molecule has 1 aliphatic heterocycles. The van der Waals surface area contributed by atoms with Crippen molar-refractivity contribution in [1.82, 2.24) is 10.3 Å². The van der Waals surface area contributed by atoms with Crippen molar-refractivity contribution in [2.45, 2.75) is 18.9 Å². The molecular weight excluding hydrogens is 387 g/mol. The van der Waals surface area contributed by atoms with E-state index in [1.165, 1.54) is 17.4 Å². The SMILES string of the molecule is O=C(NC[C@H]1CCCO1)c1sc2c(cnc3c(F)cccc32)c1-c1ccccc1. The van der Waals surface area contributed by atoms with E-state index >= 15 is 0 Å². The van der Waals surface area contributed by atoms with Crippen molar-refractivity contribution in [3.8, 4) is 11.1 Å². The fourth-order valence-corrected chi connectivity index (χ4v) is 5.11. The summed E-state index contributed by atoms with van der Waals surface area (Å²) in [5.74, 6) is -0.492. The normalized spacial score (nSPS) is 16.5. The number of halogens is 1. The molecule has 4 nitrogen and oxygen atoms in total. The molecule has 1 saturated heterocycles. The first-order valence-corrected chi connectivity index (χ1v) is 10.5. The number of hydrogen-bond donors (Lipinski definition) is 1. The maximum atomic E-state index is 14.2. The summed E-state index contributed by atoms with van der Waals surface area (Å²) >= 11 is 1.39. The molecule has 2 aromatic carbocycles. The Hall–Kier alpha value is -2.83. The van der Waals surface area contributed by atoms with Crippen LogP contribution in [0.5, 0.6) is 0 Å². The van der Waals surface area contributed by atoms with Crippen molar-refractivity contribution >= 4 is 38.2 Å². The van der Waals surface area contributed by atoms with Crippen LogP contribution in [-0.2, 0) is 4.74 Å². The lowest BCUT2D eigenvalue weighted by Crippen LogP contribution is -2.31. The minimum Gasteiger partial charge on any atom is -0.376 e. The van der Waals surface area contributed by atoms with Gasteiger partial charge in [0, 0.05) is 40.4 Å². The Balaban J connectivity index is 1.65. The highest BCUT2D eigenvalue weighted by atomic mass is 32.1. The van der Waals surface area contributed by atoms with Crippen molar-refractivity contribution in [3.63, 3.8) is 0 Å². The van der Waals surface area contributed by atoms with Crippen LogP contribution in [0.1, 0.15) is 22.5 Å². The highest BCUT2D eigenvalue weighted by Gasteiger charge is 2.23. The third kappa shape index (κ3) is 3.28. The number of fused-ring (bicyclic) bond motifs is 3. The summed E-state index contributed by atoms with van der Waals surface area (Å²) < 4.78 is 20.7. The summed E-state index contributed by atoms with van der Waals surface area (Å²) in [6, 6.07) is 14.7. The topological polar surface area (TPSA) is 51.2 Å². The second-order valence-electron chi connectivity index (χ2n) is 7.15. The molecule has 0 aliphatic carbocycles. The number of thiophene rings is 1. The third-order valence-electron chi connectivity index (χ3n) is 5.28. The van der Waals surface area contributed by atoms with Gasteiger partial charge in [0.1, 0.15) is 16.2 Å². The summed E-state index contributed by atoms with van der Waals surface area (Å²) in [5, 5.41) is 4.61. The van der Waals surface area contributed by atoms with E-state index in [0.29, 0.717) is 16.9 Å². The number of ether oxygens (including phenoxy) is 1. The maximum absolute atomic E-state index is 14.2. The predicted molar refractivity (Wildman–Crippen MR) is 114 cm³/mol. The Morgan fingerprint density at radius 1 is 1.17 bits per heavy atom. The van der Waals surface area contributed by atoms with Crippen LogP contribution in [0.15, 0.2) is 54.7 Å². The van der Waals surface area contributed by atoms with Crippen LogP contribution >= 0.6 is 11.3 Å². The molecule has 146 valence electrons. The van der Waals surface area contributed by atoms with E-state index in [1.807, 2.05) is 36.4 Å². The summed E-state index contributed by atoms with van der Waals surface area (Å²) in [4.78, 5) is 18.1. The number of rotatable bonds is 4. The Morgan fingerprint density at radius 2 is 2.03 bits per heavy atom. The molecule has 6 heteroatoms. The highest BCUT2D eigenvalue weighted by Crippen LogP contribution is 2.41. The fourth-order valence-electron chi connectivity index (χ4n) is 3.87. The van der Waals surface area contributed by atoms with Gasteiger partial charge in [-0.25, -0.2) is 4.39 Å². The number of nitrogens with zero attached hydrogens (tertiary/aromatic N) is 1. The van der Waals surface area contributed by atoms with Gasteiger partial charge in [-0.15, -0.1) is 11.3 Å². The van der Waals surface area contributed by atoms with Gasteiger partial charge in [0.05, 0.1) is 6.10 Å². The minimum absolute atomic E-state index is 0.0742. The molecule has 29 heavy (non-hydrogen) atoms. The molecule has 3 heterocycles. The number of aromatic nitrogens is 1. The molecule has 0 spiro atoms. The summed E-state index contributed by atoms with van der Waals surface area (Å²) in [5.41, 5.74) is 2.11. The van der Waals surface area contributed by atoms with Gasteiger partial charge in [-0.1, -0.05) is 42.5 Å². The van der Waals surface area contributed by atoms with Crippen molar-refractivity contribution in [1.29, 1.82) is 0 Å². The molecular formula is C23H19FN2O2S. The molecule has 0 bridgehead atoms. The molecule has 2 aromatic heterocycles. The molecule has 5 rings (SSSR count). The quantitative estimate of drug-likeness (QED) is 0.509. The number of nitrogens with one attached hydrogen (secondary N) is 1. The van der Waals surface area contributed by atoms with E-state index in [2.05, 4.69) is 10.3 Å². The van der Waals surface area contributed by atoms with E-state index in [4.69, 9.17) is 4.74 Å². The first-order chi connectivity index (χ1) is 14.2.